The number of nitrogens with zero attached hydrogens (tertiary/aromatic N) is 1. The van der Waals surface area contributed by atoms with Crippen molar-refractivity contribution in [3.8, 4) is 0 Å². The van der Waals surface area contributed by atoms with Gasteiger partial charge >= 0.3 is 5.97 Å². The first-order valence-electron chi connectivity index (χ1n) is 6.97. The summed E-state index contributed by atoms with van der Waals surface area (Å²) in [5.74, 6) is -0.997. The van der Waals surface area contributed by atoms with E-state index < -0.39 is 5.97 Å². The number of thiocarbonyl (C=S) groups is 1. The molecule has 0 fully saturated rings. The van der Waals surface area contributed by atoms with Gasteiger partial charge in [-0.15, -0.1) is 0 Å². The first-order valence-corrected chi connectivity index (χ1v) is 7.38. The topological polar surface area (TPSA) is 73.7 Å². The Morgan fingerprint density at radius 1 is 1.22 bits per heavy atom. The van der Waals surface area contributed by atoms with E-state index in [9.17, 15) is 4.79 Å². The zero-order valence-electron chi connectivity index (χ0n) is 12.8. The van der Waals surface area contributed by atoms with Crippen molar-refractivity contribution in [3.63, 3.8) is 0 Å². The van der Waals surface area contributed by atoms with Crippen LogP contribution in [0.4, 0.5) is 5.69 Å². The third-order valence-corrected chi connectivity index (χ3v) is 3.38. The molecule has 0 aliphatic carbocycles. The lowest BCUT2D eigenvalue weighted by atomic mass is 10.1. The van der Waals surface area contributed by atoms with Gasteiger partial charge in [0.2, 0.25) is 0 Å². The highest BCUT2D eigenvalue weighted by molar-refractivity contribution is 7.80. The number of hydrogen-bond acceptors (Lipinski definition) is 3. The number of hydrazone groups is 1. The maximum atomic E-state index is 11.1. The fourth-order valence-electron chi connectivity index (χ4n) is 2.07. The fraction of sp³-hybridized carbons (Fsp3) is 0.118. The molecule has 0 heterocycles. The lowest BCUT2D eigenvalue weighted by Crippen LogP contribution is -2.24. The molecule has 0 atom stereocenters. The van der Waals surface area contributed by atoms with Crippen LogP contribution in [-0.4, -0.2) is 22.4 Å². The van der Waals surface area contributed by atoms with Crippen LogP contribution in [-0.2, 0) is 0 Å². The standard InChI is InChI=1S/C17H17N3O2S/c1-11-7-8-15(12(2)9-11)19-17(23)20-18-10-13-5-3-4-6-14(13)16(21)22/h3-10H,1-2H3,(H,21,22)(H2,19,20,23). The molecular formula is C17H17N3O2S. The molecule has 0 unspecified atom stereocenters. The Morgan fingerprint density at radius 2 is 1.96 bits per heavy atom. The molecule has 0 bridgehead atoms. The molecule has 0 radical (unpaired) electrons. The minimum Gasteiger partial charge on any atom is -0.478 e. The highest BCUT2D eigenvalue weighted by Crippen LogP contribution is 2.15. The average molecular weight is 327 g/mol. The predicted octanol–water partition coefficient (Wildman–Crippen LogP) is 3.32. The van der Waals surface area contributed by atoms with E-state index in [1.165, 1.54) is 17.8 Å². The van der Waals surface area contributed by atoms with Crippen molar-refractivity contribution >= 4 is 35.2 Å². The Balaban J connectivity index is 2.00. The molecule has 2 rings (SSSR count). The van der Waals surface area contributed by atoms with Gasteiger partial charge < -0.3 is 10.4 Å². The Kier molecular flexibility index (Phi) is 5.43. The number of carbonyl (C=O) groups is 1. The lowest BCUT2D eigenvalue weighted by molar-refractivity contribution is 0.0697. The number of nitrogens with one attached hydrogen (secondary N) is 2. The van der Waals surface area contributed by atoms with Crippen LogP contribution in [0, 0.1) is 13.8 Å². The molecule has 2 aromatic carbocycles. The number of rotatable bonds is 4. The van der Waals surface area contributed by atoms with E-state index in [4.69, 9.17) is 17.3 Å². The summed E-state index contributed by atoms with van der Waals surface area (Å²) in [4.78, 5) is 11.1. The highest BCUT2D eigenvalue weighted by Gasteiger charge is 2.06. The third kappa shape index (κ3) is 4.62. The Bertz CT molecular complexity index is 772. The zero-order valence-corrected chi connectivity index (χ0v) is 13.6. The molecule has 2 aromatic rings. The number of aromatic carboxylic acids is 1. The second-order valence-electron chi connectivity index (χ2n) is 5.03. The second kappa shape index (κ2) is 7.51. The Labute approximate surface area is 140 Å². The van der Waals surface area contributed by atoms with Gasteiger partial charge in [-0.2, -0.15) is 5.10 Å². The highest BCUT2D eigenvalue weighted by atomic mass is 32.1. The molecule has 118 valence electrons. The molecule has 23 heavy (non-hydrogen) atoms. The second-order valence-corrected chi connectivity index (χ2v) is 5.44. The third-order valence-electron chi connectivity index (χ3n) is 3.19. The van der Waals surface area contributed by atoms with E-state index in [0.717, 1.165) is 11.3 Å². The van der Waals surface area contributed by atoms with Gasteiger partial charge in [0, 0.05) is 11.3 Å². The summed E-state index contributed by atoms with van der Waals surface area (Å²) in [6.45, 7) is 4.02. The van der Waals surface area contributed by atoms with Gasteiger partial charge in [-0.3, -0.25) is 5.43 Å². The number of benzene rings is 2. The normalized spacial score (nSPS) is 10.5. The van der Waals surface area contributed by atoms with Gasteiger partial charge in [0.1, 0.15) is 0 Å². The maximum absolute atomic E-state index is 11.1. The summed E-state index contributed by atoms with van der Waals surface area (Å²) in [6, 6.07) is 12.6. The van der Waals surface area contributed by atoms with Crippen molar-refractivity contribution in [2.24, 2.45) is 5.10 Å². The van der Waals surface area contributed by atoms with Gasteiger partial charge in [0.15, 0.2) is 5.11 Å². The molecule has 0 amide bonds. The summed E-state index contributed by atoms with van der Waals surface area (Å²) in [7, 11) is 0. The first kappa shape index (κ1) is 16.6. The number of anilines is 1. The van der Waals surface area contributed by atoms with Crippen molar-refractivity contribution in [1.82, 2.24) is 5.43 Å². The number of carboxylic acids is 1. The zero-order chi connectivity index (χ0) is 16.8. The van der Waals surface area contributed by atoms with Crippen LogP contribution >= 0.6 is 12.2 Å². The van der Waals surface area contributed by atoms with Crippen LogP contribution in [0.3, 0.4) is 0 Å². The molecule has 3 N–H and O–H groups in total. The smallest absolute Gasteiger partial charge is 0.336 e. The molecule has 6 heteroatoms. The van der Waals surface area contributed by atoms with Crippen LogP contribution in [0.15, 0.2) is 47.6 Å². The monoisotopic (exact) mass is 327 g/mol. The Morgan fingerprint density at radius 3 is 2.65 bits per heavy atom. The van der Waals surface area contributed by atoms with E-state index in [0.29, 0.717) is 10.7 Å². The minimum atomic E-state index is -0.997. The summed E-state index contributed by atoms with van der Waals surface area (Å²) < 4.78 is 0. The van der Waals surface area contributed by atoms with Gasteiger partial charge in [-0.1, -0.05) is 35.9 Å². The van der Waals surface area contributed by atoms with Crippen molar-refractivity contribution in [2.75, 3.05) is 5.32 Å². The van der Waals surface area contributed by atoms with E-state index >= 15 is 0 Å². The predicted molar refractivity (Wildman–Crippen MR) is 96.3 cm³/mol. The van der Waals surface area contributed by atoms with Gasteiger partial charge in [0.25, 0.3) is 0 Å². The Hall–Kier alpha value is -2.73. The maximum Gasteiger partial charge on any atom is 0.336 e. The van der Waals surface area contributed by atoms with Crippen LogP contribution < -0.4 is 10.7 Å². The van der Waals surface area contributed by atoms with Crippen molar-refractivity contribution in [2.45, 2.75) is 13.8 Å². The van der Waals surface area contributed by atoms with Crippen LogP contribution in [0.25, 0.3) is 0 Å². The SMILES string of the molecule is Cc1ccc(NC(=S)NN=Cc2ccccc2C(=O)O)c(C)c1. The molecule has 0 aliphatic rings. The van der Waals surface area contributed by atoms with Crippen molar-refractivity contribution < 1.29 is 9.90 Å². The number of aryl methyl sites for hydroxylation is 2. The van der Waals surface area contributed by atoms with Gasteiger partial charge in [-0.05, 0) is 43.8 Å². The summed E-state index contributed by atoms with van der Waals surface area (Å²) in [5, 5.41) is 16.5. The van der Waals surface area contributed by atoms with Crippen molar-refractivity contribution in [3.05, 3.63) is 64.7 Å². The quantitative estimate of drug-likeness (QED) is 0.456. The van der Waals surface area contributed by atoms with Crippen LogP contribution in [0.1, 0.15) is 27.0 Å². The number of hydrogen-bond donors (Lipinski definition) is 3. The molecule has 0 saturated heterocycles. The largest absolute Gasteiger partial charge is 0.478 e. The van der Waals surface area contributed by atoms with E-state index in [2.05, 4.69) is 21.9 Å². The van der Waals surface area contributed by atoms with Gasteiger partial charge in [-0.25, -0.2) is 4.79 Å². The van der Waals surface area contributed by atoms with Crippen LogP contribution in [0.5, 0.6) is 0 Å². The fourth-order valence-corrected chi connectivity index (χ4v) is 2.23. The van der Waals surface area contributed by atoms with Crippen LogP contribution in [0.2, 0.25) is 0 Å². The molecule has 5 nitrogen and oxygen atoms in total. The van der Waals surface area contributed by atoms with Gasteiger partial charge in [0.05, 0.1) is 11.8 Å². The molecule has 0 spiro atoms. The van der Waals surface area contributed by atoms with E-state index in [1.54, 1.807) is 18.2 Å². The lowest BCUT2D eigenvalue weighted by Gasteiger charge is -2.10. The molecule has 0 aliphatic heterocycles. The van der Waals surface area contributed by atoms with Crippen molar-refractivity contribution in [1.29, 1.82) is 0 Å². The molecule has 0 saturated carbocycles. The van der Waals surface area contributed by atoms with E-state index in [-0.39, 0.29) is 5.56 Å². The summed E-state index contributed by atoms with van der Waals surface area (Å²) in [5.41, 5.74) is 6.52. The number of carboxylic acid groups (broad SMARTS) is 1. The molecular weight excluding hydrogens is 310 g/mol. The molecule has 0 aromatic heterocycles. The first-order chi connectivity index (χ1) is 11.0. The summed E-state index contributed by atoms with van der Waals surface area (Å²) in [6.07, 6.45) is 1.43. The summed E-state index contributed by atoms with van der Waals surface area (Å²) >= 11 is 5.18. The minimum absolute atomic E-state index is 0.186. The van der Waals surface area contributed by atoms with E-state index in [1.807, 2.05) is 26.0 Å². The average Bonchev–Trinajstić information content (AvgIpc) is 2.50.